The number of aromatic nitrogens is 2. The molecule has 0 N–H and O–H groups in total. The summed E-state index contributed by atoms with van der Waals surface area (Å²) in [6.45, 7) is 6.58. The summed E-state index contributed by atoms with van der Waals surface area (Å²) in [6.07, 6.45) is 19.5. The van der Waals surface area contributed by atoms with Gasteiger partial charge in [0.1, 0.15) is 0 Å². The van der Waals surface area contributed by atoms with E-state index in [-0.39, 0.29) is 0 Å². The van der Waals surface area contributed by atoms with Crippen LogP contribution in [0.2, 0.25) is 0 Å². The molecule has 4 heteroatoms. The number of halogens is 1. The predicted octanol–water partition coefficient (Wildman–Crippen LogP) is 7.82. The van der Waals surface area contributed by atoms with Crippen molar-refractivity contribution in [3.8, 4) is 5.69 Å². The molecule has 0 saturated heterocycles. The summed E-state index contributed by atoms with van der Waals surface area (Å²) in [6, 6.07) is 5.10. The maximum atomic E-state index is 6.43. The van der Waals surface area contributed by atoms with Gasteiger partial charge in [0.05, 0.1) is 0 Å². The van der Waals surface area contributed by atoms with Crippen molar-refractivity contribution in [1.29, 1.82) is 0 Å². The van der Waals surface area contributed by atoms with E-state index in [9.17, 15) is 0 Å². The van der Waals surface area contributed by atoms with Crippen LogP contribution in [-0.2, 0) is 13.6 Å². The van der Waals surface area contributed by atoms with Crippen molar-refractivity contribution in [2.24, 2.45) is 0 Å². The average molecular weight is 452 g/mol. The minimum atomic E-state index is 0.560. The number of benzene rings is 1. The summed E-state index contributed by atoms with van der Waals surface area (Å²) < 4.78 is 5.89. The Kier molecular flexibility index (Phi) is 8.51. The standard InChI is InChI=1S/C24H36N2.ClH.Cu/c1-20-17-21(2)24(22(3)18-20)26-16-15-25(19-26)23-13-11-9-7-5-4-6-8-10-12-14-23;;/h15-18,23H,4-14H2,1-3H3;1H;/q;;+1/p-1. The third-order valence-electron chi connectivity index (χ3n) is 6.15. The third kappa shape index (κ3) is 5.43. The molecule has 0 aliphatic heterocycles. The summed E-state index contributed by atoms with van der Waals surface area (Å²) in [7, 11) is 6.43. The molecule has 1 aliphatic carbocycles. The Balaban J connectivity index is 1.91. The average Bonchev–Trinajstić information content (AvgIpc) is 3.05. The van der Waals surface area contributed by atoms with E-state index in [1.54, 1.807) is 0 Å². The third-order valence-corrected chi connectivity index (χ3v) is 7.19. The number of hydrogen-bond donors (Lipinski definition) is 0. The molecule has 1 aromatic heterocycles. The van der Waals surface area contributed by atoms with E-state index in [0.717, 1.165) is 4.32 Å². The van der Waals surface area contributed by atoms with Gasteiger partial charge in [0, 0.05) is 0 Å². The number of rotatable bonds is 2. The Bertz CT molecular complexity index is 798. The Morgan fingerprint density at radius 2 is 1.29 bits per heavy atom. The molecule has 1 saturated carbocycles. The van der Waals surface area contributed by atoms with Crippen molar-refractivity contribution in [3.63, 3.8) is 0 Å². The van der Waals surface area contributed by atoms with Gasteiger partial charge in [-0.3, -0.25) is 0 Å². The second-order valence-electron chi connectivity index (χ2n) is 8.53. The number of aryl methyl sites for hydroxylation is 3. The molecule has 0 atom stereocenters. The molecule has 0 radical (unpaired) electrons. The molecule has 0 spiro atoms. The SMILES string of the molecule is Cc1cc(C)c(-n2ccn(C3CCCCCCCCCCC3)[c]2=[Cu][Cl])c(C)c1. The van der Waals surface area contributed by atoms with Crippen molar-refractivity contribution in [3.05, 3.63) is 45.5 Å². The Morgan fingerprint density at radius 3 is 1.79 bits per heavy atom. The number of nitrogens with zero attached hydrogens (tertiary/aromatic N) is 2. The van der Waals surface area contributed by atoms with E-state index >= 15 is 0 Å². The minimum absolute atomic E-state index is 0.560. The van der Waals surface area contributed by atoms with Crippen LogP contribution in [-0.4, -0.2) is 9.13 Å². The van der Waals surface area contributed by atoms with Gasteiger partial charge in [-0.2, -0.15) is 0 Å². The van der Waals surface area contributed by atoms with Crippen LogP contribution in [0.25, 0.3) is 5.69 Å². The summed E-state index contributed by atoms with van der Waals surface area (Å²) in [4.78, 5) is 0. The van der Waals surface area contributed by atoms with Crippen molar-refractivity contribution < 1.29 is 13.6 Å². The molecule has 2 nitrogen and oxygen atoms in total. The van der Waals surface area contributed by atoms with Crippen LogP contribution >= 0.6 is 10.1 Å². The zero-order valence-electron chi connectivity index (χ0n) is 17.7. The van der Waals surface area contributed by atoms with Gasteiger partial charge in [0.2, 0.25) is 0 Å². The van der Waals surface area contributed by atoms with Crippen molar-refractivity contribution in [1.82, 2.24) is 9.13 Å². The predicted molar refractivity (Wildman–Crippen MR) is 117 cm³/mol. The molecule has 0 unspecified atom stereocenters. The van der Waals surface area contributed by atoms with E-state index < -0.39 is 0 Å². The summed E-state index contributed by atoms with van der Waals surface area (Å²) in [5.41, 5.74) is 5.21. The zero-order valence-corrected chi connectivity index (χ0v) is 19.4. The fraction of sp³-hybridized carbons (Fsp3) is 0.625. The van der Waals surface area contributed by atoms with Gasteiger partial charge in [0.25, 0.3) is 0 Å². The van der Waals surface area contributed by atoms with Crippen molar-refractivity contribution in [2.75, 3.05) is 0 Å². The number of hydrogen-bond acceptors (Lipinski definition) is 0. The first-order valence-corrected chi connectivity index (χ1v) is 12.8. The van der Waals surface area contributed by atoms with Crippen LogP contribution in [0.4, 0.5) is 0 Å². The van der Waals surface area contributed by atoms with E-state index in [4.69, 9.17) is 10.1 Å². The van der Waals surface area contributed by atoms with E-state index in [1.165, 1.54) is 107 Å². The molecule has 1 fully saturated rings. The fourth-order valence-electron chi connectivity index (χ4n) is 4.82. The van der Waals surface area contributed by atoms with Crippen LogP contribution in [0.5, 0.6) is 0 Å². The molecule has 2 aromatic rings. The van der Waals surface area contributed by atoms with Gasteiger partial charge in [-0.1, -0.05) is 0 Å². The summed E-state index contributed by atoms with van der Waals surface area (Å²) in [5.74, 6) is 0. The van der Waals surface area contributed by atoms with Gasteiger partial charge in [0.15, 0.2) is 0 Å². The molecular formula is C24H36ClCuN2. The van der Waals surface area contributed by atoms with Crippen molar-refractivity contribution in [2.45, 2.75) is 97.4 Å². The van der Waals surface area contributed by atoms with Crippen LogP contribution in [0.3, 0.4) is 0 Å². The maximum absolute atomic E-state index is 6.43. The van der Waals surface area contributed by atoms with Gasteiger partial charge >= 0.3 is 182 Å². The quantitative estimate of drug-likeness (QED) is 0.412. The van der Waals surface area contributed by atoms with E-state index in [0.29, 0.717) is 6.04 Å². The molecule has 0 bridgehead atoms. The first kappa shape index (κ1) is 21.9. The van der Waals surface area contributed by atoms with E-state index in [1.807, 2.05) is 0 Å². The molecule has 1 aromatic carbocycles. The molecule has 3 rings (SSSR count). The molecule has 1 heterocycles. The second-order valence-corrected chi connectivity index (χ2v) is 9.60. The molecule has 1 aliphatic rings. The zero-order chi connectivity index (χ0) is 19.9. The molecule has 28 heavy (non-hydrogen) atoms. The van der Waals surface area contributed by atoms with Crippen LogP contribution in [0.1, 0.15) is 93.4 Å². The molecular weight excluding hydrogens is 415 g/mol. The second kappa shape index (κ2) is 10.9. The van der Waals surface area contributed by atoms with E-state index in [2.05, 4.69) is 54.4 Å². The monoisotopic (exact) mass is 450 g/mol. The first-order valence-electron chi connectivity index (χ1n) is 11.0. The normalized spacial score (nSPS) is 19.2. The van der Waals surface area contributed by atoms with Gasteiger partial charge in [-0.05, 0) is 0 Å². The van der Waals surface area contributed by atoms with Gasteiger partial charge < -0.3 is 0 Å². The topological polar surface area (TPSA) is 9.86 Å². The summed E-state index contributed by atoms with van der Waals surface area (Å²) in [5, 5.41) is 0. The fourth-order valence-corrected chi connectivity index (χ4v) is 5.88. The molecule has 160 valence electrons. The van der Waals surface area contributed by atoms with Crippen molar-refractivity contribution >= 4 is 10.1 Å². The number of imidazole rings is 1. The Labute approximate surface area is 181 Å². The van der Waals surface area contributed by atoms with Gasteiger partial charge in [-0.25, -0.2) is 0 Å². The van der Waals surface area contributed by atoms with Crippen LogP contribution in [0, 0.1) is 25.1 Å². The Morgan fingerprint density at radius 1 is 0.786 bits per heavy atom. The van der Waals surface area contributed by atoms with Crippen LogP contribution in [0.15, 0.2) is 24.5 Å². The summed E-state index contributed by atoms with van der Waals surface area (Å²) >= 11 is 1.47. The van der Waals surface area contributed by atoms with Gasteiger partial charge in [-0.15, -0.1) is 0 Å². The first-order chi connectivity index (χ1) is 13.6. The Hall–Kier alpha value is -0.761. The molecule has 0 amide bonds. The van der Waals surface area contributed by atoms with Crippen LogP contribution < -0.4 is 0 Å².